The van der Waals surface area contributed by atoms with Crippen molar-refractivity contribution in [2.24, 2.45) is 11.5 Å². The summed E-state index contributed by atoms with van der Waals surface area (Å²) in [5.74, 6) is -0.323. The van der Waals surface area contributed by atoms with Gasteiger partial charge in [-0.1, -0.05) is 11.8 Å². The number of allylic oxidation sites excluding steroid dienone is 2. The highest BCUT2D eigenvalue weighted by Crippen LogP contribution is 2.31. The second kappa shape index (κ2) is 5.32. The molecule has 110 valence electrons. The Morgan fingerprint density at radius 1 is 1.48 bits per heavy atom. The van der Waals surface area contributed by atoms with Crippen LogP contribution in [0.4, 0.5) is 4.39 Å². The molecule has 1 aromatic heterocycles. The molecule has 0 amide bonds. The zero-order chi connectivity index (χ0) is 15.0. The smallest absolute Gasteiger partial charge is 0.150 e. The average Bonchev–Trinajstić information content (AvgIpc) is 2.86. The van der Waals surface area contributed by atoms with Gasteiger partial charge < -0.3 is 16.8 Å². The lowest BCUT2D eigenvalue weighted by atomic mass is 9.95. The van der Waals surface area contributed by atoms with Crippen molar-refractivity contribution >= 4 is 33.3 Å². The minimum atomic E-state index is -0.887. The van der Waals surface area contributed by atoms with Gasteiger partial charge in [0, 0.05) is 12.1 Å². The Morgan fingerprint density at radius 2 is 2.29 bits per heavy atom. The van der Waals surface area contributed by atoms with E-state index in [-0.39, 0.29) is 5.82 Å². The zero-order valence-electron chi connectivity index (χ0n) is 11.4. The molecule has 7 heteroatoms. The maximum atomic E-state index is 14.2. The van der Waals surface area contributed by atoms with E-state index in [0.717, 1.165) is 14.6 Å². The second-order valence-electron chi connectivity index (χ2n) is 4.88. The summed E-state index contributed by atoms with van der Waals surface area (Å²) in [4.78, 5) is 4.26. The molecule has 0 bridgehead atoms. The van der Waals surface area contributed by atoms with Gasteiger partial charge in [-0.3, -0.25) is 0 Å². The van der Waals surface area contributed by atoms with Crippen molar-refractivity contribution in [3.05, 3.63) is 47.6 Å². The minimum Gasteiger partial charge on any atom is -0.399 e. The lowest BCUT2D eigenvalue weighted by Crippen LogP contribution is -2.57. The Labute approximate surface area is 130 Å². The van der Waals surface area contributed by atoms with Gasteiger partial charge >= 0.3 is 0 Å². The highest BCUT2D eigenvalue weighted by molar-refractivity contribution is 8.00. The van der Waals surface area contributed by atoms with E-state index in [2.05, 4.69) is 10.3 Å². The molecular formula is C14H15FN4S2. The minimum absolute atomic E-state index is 0.323. The Hall–Kier alpha value is -1.57. The van der Waals surface area contributed by atoms with Gasteiger partial charge in [0.1, 0.15) is 11.2 Å². The van der Waals surface area contributed by atoms with Crippen LogP contribution in [0.15, 0.2) is 40.5 Å². The van der Waals surface area contributed by atoms with E-state index in [0.29, 0.717) is 17.6 Å². The Morgan fingerprint density at radius 3 is 3.00 bits per heavy atom. The standard InChI is InChI=1S/C14H15FN4S2/c1-20-13-19-12-9(15)5-8(6-10(12)21-13)7-14(17)11(16)3-2-4-18-14/h2-6,18H,7,16-17H2,1H3. The largest absolute Gasteiger partial charge is 0.399 e. The molecule has 0 saturated heterocycles. The van der Waals surface area contributed by atoms with Crippen molar-refractivity contribution in [2.45, 2.75) is 16.4 Å². The third-order valence-corrected chi connectivity index (χ3v) is 5.36. The summed E-state index contributed by atoms with van der Waals surface area (Å²) >= 11 is 2.99. The van der Waals surface area contributed by atoms with E-state index in [1.807, 2.05) is 12.3 Å². The fourth-order valence-corrected chi connectivity index (χ4v) is 3.83. The van der Waals surface area contributed by atoms with Crippen molar-refractivity contribution in [1.82, 2.24) is 10.3 Å². The van der Waals surface area contributed by atoms with Gasteiger partial charge in [-0.15, -0.1) is 11.3 Å². The van der Waals surface area contributed by atoms with Crippen molar-refractivity contribution < 1.29 is 4.39 Å². The maximum absolute atomic E-state index is 14.2. The van der Waals surface area contributed by atoms with Crippen LogP contribution >= 0.6 is 23.1 Å². The van der Waals surface area contributed by atoms with E-state index in [9.17, 15) is 4.39 Å². The molecule has 2 heterocycles. The number of fused-ring (bicyclic) bond motifs is 1. The van der Waals surface area contributed by atoms with E-state index >= 15 is 0 Å². The third-order valence-electron chi connectivity index (χ3n) is 3.37. The summed E-state index contributed by atoms with van der Waals surface area (Å²) in [6.07, 6.45) is 7.61. The van der Waals surface area contributed by atoms with Crippen molar-refractivity contribution in [3.63, 3.8) is 0 Å². The van der Waals surface area contributed by atoms with Gasteiger partial charge in [0.05, 0.1) is 4.70 Å². The predicted molar refractivity (Wildman–Crippen MR) is 86.5 cm³/mol. The topological polar surface area (TPSA) is 77.0 Å². The summed E-state index contributed by atoms with van der Waals surface area (Å²) in [6, 6.07) is 3.41. The summed E-state index contributed by atoms with van der Waals surface area (Å²) in [5, 5.41) is 3.04. The summed E-state index contributed by atoms with van der Waals surface area (Å²) in [7, 11) is 0. The Balaban J connectivity index is 1.98. The number of rotatable bonds is 3. The number of hydrogen-bond donors (Lipinski definition) is 3. The fourth-order valence-electron chi connectivity index (χ4n) is 2.27. The van der Waals surface area contributed by atoms with Crippen LogP contribution in [0.25, 0.3) is 10.2 Å². The average molecular weight is 322 g/mol. The number of nitrogens with two attached hydrogens (primary N) is 2. The van der Waals surface area contributed by atoms with Crippen molar-refractivity contribution in [2.75, 3.05) is 6.26 Å². The first-order valence-electron chi connectivity index (χ1n) is 6.34. The zero-order valence-corrected chi connectivity index (χ0v) is 13.0. The fraction of sp³-hybridized carbons (Fsp3) is 0.214. The van der Waals surface area contributed by atoms with Crippen LogP contribution in [0.3, 0.4) is 0 Å². The molecule has 1 aliphatic heterocycles. The molecule has 1 aromatic carbocycles. The lowest BCUT2D eigenvalue weighted by molar-refractivity contribution is 0.432. The third kappa shape index (κ3) is 2.64. The number of halogens is 1. The van der Waals surface area contributed by atoms with Gasteiger partial charge in [0.15, 0.2) is 10.2 Å². The SMILES string of the molecule is CSc1nc2c(F)cc(CC3(N)NC=CC=C3N)cc2s1. The first kappa shape index (κ1) is 14.4. The van der Waals surface area contributed by atoms with E-state index in [1.165, 1.54) is 29.2 Å². The normalized spacial score (nSPS) is 21.4. The second-order valence-corrected chi connectivity index (χ2v) is 6.97. The number of dihydropyridines is 1. The highest BCUT2D eigenvalue weighted by atomic mass is 32.2. The maximum Gasteiger partial charge on any atom is 0.150 e. The molecule has 5 N–H and O–H groups in total. The number of nitrogens with one attached hydrogen (secondary N) is 1. The molecule has 1 unspecified atom stereocenters. The number of aromatic nitrogens is 1. The quantitative estimate of drug-likeness (QED) is 0.756. The molecule has 21 heavy (non-hydrogen) atoms. The predicted octanol–water partition coefficient (Wildman–Crippen LogP) is 2.31. The molecule has 0 fully saturated rings. The van der Waals surface area contributed by atoms with Gasteiger partial charge in [-0.05, 0) is 42.3 Å². The number of benzene rings is 1. The molecule has 3 rings (SSSR count). The van der Waals surface area contributed by atoms with Crippen molar-refractivity contribution in [3.8, 4) is 0 Å². The van der Waals surface area contributed by atoms with Gasteiger partial charge in [-0.25, -0.2) is 9.37 Å². The van der Waals surface area contributed by atoms with E-state index in [4.69, 9.17) is 11.5 Å². The van der Waals surface area contributed by atoms with E-state index in [1.54, 1.807) is 18.4 Å². The molecule has 0 radical (unpaired) electrons. The van der Waals surface area contributed by atoms with Crippen LogP contribution in [0.1, 0.15) is 5.56 Å². The highest BCUT2D eigenvalue weighted by Gasteiger charge is 2.29. The number of thiazole rings is 1. The van der Waals surface area contributed by atoms with Gasteiger partial charge in [-0.2, -0.15) is 0 Å². The molecule has 4 nitrogen and oxygen atoms in total. The molecule has 1 atom stereocenters. The van der Waals surface area contributed by atoms with Crippen LogP contribution < -0.4 is 16.8 Å². The summed E-state index contributed by atoms with van der Waals surface area (Å²) < 4.78 is 15.9. The first-order valence-corrected chi connectivity index (χ1v) is 8.38. The van der Waals surface area contributed by atoms with Crippen LogP contribution in [0.5, 0.6) is 0 Å². The van der Waals surface area contributed by atoms with Crippen LogP contribution in [0.2, 0.25) is 0 Å². The van der Waals surface area contributed by atoms with Gasteiger partial charge in [0.25, 0.3) is 0 Å². The van der Waals surface area contributed by atoms with Gasteiger partial charge in [0.2, 0.25) is 0 Å². The first-order chi connectivity index (χ1) is 10.0. The number of hydrogen-bond acceptors (Lipinski definition) is 6. The van der Waals surface area contributed by atoms with Crippen molar-refractivity contribution in [1.29, 1.82) is 0 Å². The molecule has 2 aromatic rings. The molecule has 0 aliphatic carbocycles. The number of nitrogens with zero attached hydrogens (tertiary/aromatic N) is 1. The molecule has 1 aliphatic rings. The molecule has 0 saturated carbocycles. The summed E-state index contributed by atoms with van der Waals surface area (Å²) in [5.41, 5.74) is 13.1. The van der Waals surface area contributed by atoms with E-state index < -0.39 is 5.66 Å². The monoisotopic (exact) mass is 322 g/mol. The number of thioether (sulfide) groups is 1. The molecule has 0 spiro atoms. The van der Waals surface area contributed by atoms with Crippen LogP contribution in [0, 0.1) is 5.82 Å². The lowest BCUT2D eigenvalue weighted by Gasteiger charge is -2.32. The Bertz CT molecular complexity index is 753. The van der Waals surface area contributed by atoms with Crippen LogP contribution in [-0.4, -0.2) is 16.9 Å². The Kier molecular flexibility index (Phi) is 3.64. The van der Waals surface area contributed by atoms with Crippen LogP contribution in [-0.2, 0) is 6.42 Å². The summed E-state index contributed by atoms with van der Waals surface area (Å²) in [6.45, 7) is 0. The molecular weight excluding hydrogens is 307 g/mol.